The van der Waals surface area contributed by atoms with Crippen LogP contribution in [0.15, 0.2) is 53.4 Å². The molecule has 7 heteroatoms. The number of anilines is 1. The molecular formula is C16H17N3O2S2. The van der Waals surface area contributed by atoms with E-state index in [0.29, 0.717) is 23.3 Å². The predicted molar refractivity (Wildman–Crippen MR) is 93.3 cm³/mol. The van der Waals surface area contributed by atoms with E-state index in [-0.39, 0.29) is 4.90 Å². The van der Waals surface area contributed by atoms with Crippen LogP contribution in [0.1, 0.15) is 19.8 Å². The van der Waals surface area contributed by atoms with Gasteiger partial charge >= 0.3 is 0 Å². The molecule has 0 N–H and O–H groups in total. The second-order valence-corrected chi connectivity index (χ2v) is 7.51. The van der Waals surface area contributed by atoms with Crippen molar-refractivity contribution in [1.82, 2.24) is 8.75 Å². The van der Waals surface area contributed by atoms with Gasteiger partial charge in [-0.15, -0.1) is 0 Å². The summed E-state index contributed by atoms with van der Waals surface area (Å²) in [6, 6.07) is 14.3. The van der Waals surface area contributed by atoms with E-state index in [1.807, 2.05) is 37.3 Å². The Balaban J connectivity index is 2.12. The van der Waals surface area contributed by atoms with E-state index in [2.05, 4.69) is 8.75 Å². The molecule has 0 unspecified atom stereocenters. The molecule has 0 fully saturated rings. The second-order valence-electron chi connectivity index (χ2n) is 5.15. The smallest absolute Gasteiger partial charge is 0.266 e. The van der Waals surface area contributed by atoms with Gasteiger partial charge in [0.1, 0.15) is 15.9 Å². The first-order chi connectivity index (χ1) is 11.1. The highest BCUT2D eigenvalue weighted by molar-refractivity contribution is 7.93. The van der Waals surface area contributed by atoms with Gasteiger partial charge in [-0.05, 0) is 30.7 Å². The van der Waals surface area contributed by atoms with Crippen LogP contribution in [0.4, 0.5) is 5.69 Å². The average molecular weight is 347 g/mol. The maximum absolute atomic E-state index is 13.2. The fourth-order valence-corrected chi connectivity index (χ4v) is 4.65. The van der Waals surface area contributed by atoms with Crippen molar-refractivity contribution in [2.75, 3.05) is 10.8 Å². The summed E-state index contributed by atoms with van der Waals surface area (Å²) in [5.74, 6) is 0. The van der Waals surface area contributed by atoms with Crippen molar-refractivity contribution in [3.8, 4) is 0 Å². The molecular weight excluding hydrogens is 330 g/mol. The van der Waals surface area contributed by atoms with Gasteiger partial charge in [-0.3, -0.25) is 4.31 Å². The molecule has 0 aliphatic rings. The molecule has 0 amide bonds. The maximum atomic E-state index is 13.2. The summed E-state index contributed by atoms with van der Waals surface area (Å²) in [5, 5.41) is 0. The third-order valence-electron chi connectivity index (χ3n) is 3.58. The second kappa shape index (κ2) is 6.64. The van der Waals surface area contributed by atoms with Crippen molar-refractivity contribution >= 4 is 38.5 Å². The summed E-state index contributed by atoms with van der Waals surface area (Å²) >= 11 is 1.03. The summed E-state index contributed by atoms with van der Waals surface area (Å²) in [6.07, 6.45) is 1.71. The zero-order chi connectivity index (χ0) is 16.3. The molecule has 3 rings (SSSR count). The summed E-state index contributed by atoms with van der Waals surface area (Å²) in [6.45, 7) is 2.48. The SMILES string of the molecule is CCCCN(c1ccccc1)S(=O)(=O)c1cccc2nsnc12. The molecule has 0 aliphatic heterocycles. The van der Waals surface area contributed by atoms with Gasteiger partial charge in [0, 0.05) is 6.54 Å². The lowest BCUT2D eigenvalue weighted by atomic mass is 10.3. The first-order valence-corrected chi connectivity index (χ1v) is 9.60. The minimum absolute atomic E-state index is 0.212. The number of fused-ring (bicyclic) bond motifs is 1. The highest BCUT2D eigenvalue weighted by atomic mass is 32.2. The first kappa shape index (κ1) is 15.9. The Labute approximate surface area is 140 Å². The number of benzene rings is 2. The van der Waals surface area contributed by atoms with Crippen molar-refractivity contribution in [2.45, 2.75) is 24.7 Å². The predicted octanol–water partition coefficient (Wildman–Crippen LogP) is 3.69. The summed E-state index contributed by atoms with van der Waals surface area (Å²) in [5.41, 5.74) is 1.72. The van der Waals surface area contributed by atoms with Gasteiger partial charge in [-0.25, -0.2) is 8.42 Å². The summed E-state index contributed by atoms with van der Waals surface area (Å²) in [4.78, 5) is 0.212. The number of nitrogens with zero attached hydrogens (tertiary/aromatic N) is 3. The van der Waals surface area contributed by atoms with E-state index in [0.717, 1.165) is 24.6 Å². The average Bonchev–Trinajstić information content (AvgIpc) is 3.04. The van der Waals surface area contributed by atoms with Gasteiger partial charge in [-0.2, -0.15) is 8.75 Å². The Morgan fingerprint density at radius 1 is 1.04 bits per heavy atom. The Morgan fingerprint density at radius 3 is 2.57 bits per heavy atom. The first-order valence-electron chi connectivity index (χ1n) is 7.43. The molecule has 0 aliphatic carbocycles. The fourth-order valence-electron chi connectivity index (χ4n) is 2.39. The molecule has 1 heterocycles. The van der Waals surface area contributed by atoms with Gasteiger partial charge in [0.15, 0.2) is 0 Å². The Morgan fingerprint density at radius 2 is 1.83 bits per heavy atom. The Kier molecular flexibility index (Phi) is 4.58. The number of unbranched alkanes of at least 4 members (excludes halogenated alkanes) is 1. The topological polar surface area (TPSA) is 63.2 Å². The molecule has 2 aromatic carbocycles. The molecule has 120 valence electrons. The third kappa shape index (κ3) is 3.07. The lowest BCUT2D eigenvalue weighted by Gasteiger charge is -2.24. The molecule has 0 spiro atoms. The Bertz CT molecular complexity index is 892. The lowest BCUT2D eigenvalue weighted by Crippen LogP contribution is -2.32. The van der Waals surface area contributed by atoms with Crippen LogP contribution in [0.3, 0.4) is 0 Å². The van der Waals surface area contributed by atoms with Crippen molar-refractivity contribution in [3.05, 3.63) is 48.5 Å². The molecule has 1 aromatic heterocycles. The number of sulfonamides is 1. The van der Waals surface area contributed by atoms with Crippen molar-refractivity contribution < 1.29 is 8.42 Å². The number of para-hydroxylation sites is 1. The number of rotatable bonds is 6. The third-order valence-corrected chi connectivity index (χ3v) is 5.98. The number of aromatic nitrogens is 2. The van der Waals surface area contributed by atoms with Crippen LogP contribution >= 0.6 is 11.7 Å². The Hall–Kier alpha value is -1.99. The number of hydrogen-bond acceptors (Lipinski definition) is 5. The van der Waals surface area contributed by atoms with Gasteiger partial charge in [0.25, 0.3) is 10.0 Å². The van der Waals surface area contributed by atoms with E-state index in [9.17, 15) is 8.42 Å². The maximum Gasteiger partial charge on any atom is 0.266 e. The van der Waals surface area contributed by atoms with Gasteiger partial charge < -0.3 is 0 Å². The summed E-state index contributed by atoms with van der Waals surface area (Å²) < 4.78 is 36.2. The van der Waals surface area contributed by atoms with E-state index in [1.165, 1.54) is 4.31 Å². The van der Waals surface area contributed by atoms with Gasteiger partial charge in [-0.1, -0.05) is 37.6 Å². The van der Waals surface area contributed by atoms with Crippen molar-refractivity contribution in [3.63, 3.8) is 0 Å². The quantitative estimate of drug-likeness (QED) is 0.682. The minimum Gasteiger partial charge on any atom is -0.266 e. The molecule has 23 heavy (non-hydrogen) atoms. The van der Waals surface area contributed by atoms with E-state index < -0.39 is 10.0 Å². The number of hydrogen-bond donors (Lipinski definition) is 0. The van der Waals surface area contributed by atoms with Crippen LogP contribution in [-0.4, -0.2) is 23.7 Å². The zero-order valence-electron chi connectivity index (χ0n) is 12.7. The van der Waals surface area contributed by atoms with Gasteiger partial charge in [0.2, 0.25) is 0 Å². The van der Waals surface area contributed by atoms with Crippen LogP contribution in [0.25, 0.3) is 11.0 Å². The molecule has 0 radical (unpaired) electrons. The van der Waals surface area contributed by atoms with Crippen molar-refractivity contribution in [1.29, 1.82) is 0 Å². The standard InChI is InChI=1S/C16H17N3O2S2/c1-2-3-12-19(13-8-5-4-6-9-13)23(20,21)15-11-7-10-14-16(15)18-22-17-14/h4-11H,2-3,12H2,1H3. The van der Waals surface area contributed by atoms with E-state index in [4.69, 9.17) is 0 Å². The molecule has 0 bridgehead atoms. The van der Waals surface area contributed by atoms with Crippen LogP contribution in [-0.2, 0) is 10.0 Å². The fraction of sp³-hybridized carbons (Fsp3) is 0.250. The monoisotopic (exact) mass is 347 g/mol. The van der Waals surface area contributed by atoms with E-state index in [1.54, 1.807) is 18.2 Å². The normalized spacial score (nSPS) is 11.7. The molecule has 5 nitrogen and oxygen atoms in total. The highest BCUT2D eigenvalue weighted by Crippen LogP contribution is 2.28. The van der Waals surface area contributed by atoms with Crippen LogP contribution in [0.5, 0.6) is 0 Å². The highest BCUT2D eigenvalue weighted by Gasteiger charge is 2.27. The molecule has 3 aromatic rings. The lowest BCUT2D eigenvalue weighted by molar-refractivity contribution is 0.589. The van der Waals surface area contributed by atoms with Crippen LogP contribution in [0.2, 0.25) is 0 Å². The van der Waals surface area contributed by atoms with E-state index >= 15 is 0 Å². The minimum atomic E-state index is -3.69. The zero-order valence-corrected chi connectivity index (χ0v) is 14.3. The molecule has 0 atom stereocenters. The molecule has 0 saturated heterocycles. The van der Waals surface area contributed by atoms with Crippen LogP contribution < -0.4 is 4.31 Å². The largest absolute Gasteiger partial charge is 0.266 e. The summed E-state index contributed by atoms with van der Waals surface area (Å²) in [7, 11) is -3.69. The van der Waals surface area contributed by atoms with Gasteiger partial charge in [0.05, 0.1) is 17.4 Å². The molecule has 0 saturated carbocycles. The van der Waals surface area contributed by atoms with Crippen LogP contribution in [0, 0.1) is 0 Å². The van der Waals surface area contributed by atoms with Crippen molar-refractivity contribution in [2.24, 2.45) is 0 Å².